The maximum absolute atomic E-state index is 12.4. The number of likely N-dealkylation sites (N-methyl/N-ethyl adjacent to an activating group) is 1. The second kappa shape index (κ2) is 8.28. The molecule has 0 unspecified atom stereocenters. The summed E-state index contributed by atoms with van der Waals surface area (Å²) >= 11 is 0. The van der Waals surface area contributed by atoms with E-state index in [1.54, 1.807) is 0 Å². The van der Waals surface area contributed by atoms with Crippen LogP contribution in [-0.4, -0.2) is 38.6 Å². The molecule has 148 valence electrons. The van der Waals surface area contributed by atoms with E-state index in [1.165, 1.54) is 43.4 Å². The first kappa shape index (κ1) is 21.2. The number of carbonyl (C=O) groups excluding carboxylic acids is 1. The molecule has 0 spiro atoms. The standard InChI is InChI=1S/C17H14F3N3O4S/c1-23(28(25,26)15-8-2-12(10-21)3-9-15)11-16(24)22-13-4-6-14(7-5-13)27-17(18,19)20/h2-9H,11H2,1H3,(H,22,24). The molecule has 0 saturated heterocycles. The number of nitrogens with zero attached hydrogens (tertiary/aromatic N) is 2. The van der Waals surface area contributed by atoms with Crippen molar-refractivity contribution in [2.45, 2.75) is 11.3 Å². The summed E-state index contributed by atoms with van der Waals surface area (Å²) in [6, 6.07) is 11.5. The van der Waals surface area contributed by atoms with Crippen molar-refractivity contribution in [3.63, 3.8) is 0 Å². The van der Waals surface area contributed by atoms with Crippen molar-refractivity contribution in [2.75, 3.05) is 18.9 Å². The number of nitrogens with one attached hydrogen (secondary N) is 1. The van der Waals surface area contributed by atoms with Crippen LogP contribution >= 0.6 is 0 Å². The molecule has 11 heteroatoms. The van der Waals surface area contributed by atoms with Crippen molar-refractivity contribution in [1.29, 1.82) is 5.26 Å². The molecule has 0 heterocycles. The summed E-state index contributed by atoms with van der Waals surface area (Å²) in [4.78, 5) is 12.0. The van der Waals surface area contributed by atoms with E-state index in [2.05, 4.69) is 10.1 Å². The predicted molar refractivity (Wildman–Crippen MR) is 92.7 cm³/mol. The van der Waals surface area contributed by atoms with Gasteiger partial charge in [0.05, 0.1) is 23.1 Å². The van der Waals surface area contributed by atoms with Crippen molar-refractivity contribution in [3.8, 4) is 11.8 Å². The van der Waals surface area contributed by atoms with Crippen LogP contribution in [0, 0.1) is 11.3 Å². The van der Waals surface area contributed by atoms with E-state index in [1.807, 2.05) is 6.07 Å². The molecule has 1 amide bonds. The molecule has 28 heavy (non-hydrogen) atoms. The fourth-order valence-electron chi connectivity index (χ4n) is 2.11. The lowest BCUT2D eigenvalue weighted by molar-refractivity contribution is -0.274. The van der Waals surface area contributed by atoms with Crippen LogP contribution in [0.15, 0.2) is 53.4 Å². The van der Waals surface area contributed by atoms with Crippen molar-refractivity contribution in [1.82, 2.24) is 4.31 Å². The molecule has 7 nitrogen and oxygen atoms in total. The average Bonchev–Trinajstić information content (AvgIpc) is 2.62. The summed E-state index contributed by atoms with van der Waals surface area (Å²) in [5.41, 5.74) is 0.459. The minimum atomic E-state index is -4.83. The number of benzene rings is 2. The van der Waals surface area contributed by atoms with E-state index in [9.17, 15) is 26.4 Å². The Morgan fingerprint density at radius 1 is 1.14 bits per heavy atom. The zero-order valence-corrected chi connectivity index (χ0v) is 15.2. The minimum Gasteiger partial charge on any atom is -0.406 e. The number of halogens is 3. The Bertz CT molecular complexity index is 982. The molecular formula is C17H14F3N3O4S. The highest BCUT2D eigenvalue weighted by molar-refractivity contribution is 7.89. The normalized spacial score (nSPS) is 11.7. The first-order valence-corrected chi connectivity index (χ1v) is 9.07. The second-order valence-electron chi connectivity index (χ2n) is 5.52. The highest BCUT2D eigenvalue weighted by Gasteiger charge is 2.31. The van der Waals surface area contributed by atoms with E-state index in [0.29, 0.717) is 0 Å². The molecule has 0 aliphatic rings. The number of rotatable bonds is 6. The molecular weight excluding hydrogens is 399 g/mol. The van der Waals surface area contributed by atoms with Gasteiger partial charge in [0, 0.05) is 12.7 Å². The van der Waals surface area contributed by atoms with Crippen LogP contribution < -0.4 is 10.1 Å². The average molecular weight is 413 g/mol. The third-order valence-corrected chi connectivity index (χ3v) is 5.25. The van der Waals surface area contributed by atoms with Gasteiger partial charge in [0.25, 0.3) is 0 Å². The molecule has 0 fully saturated rings. The Balaban J connectivity index is 2.00. The van der Waals surface area contributed by atoms with Crippen LogP contribution in [0.2, 0.25) is 0 Å². The lowest BCUT2D eigenvalue weighted by atomic mass is 10.2. The van der Waals surface area contributed by atoms with Gasteiger partial charge in [-0.3, -0.25) is 4.79 Å². The van der Waals surface area contributed by atoms with Crippen LogP contribution in [0.4, 0.5) is 18.9 Å². The van der Waals surface area contributed by atoms with E-state index in [4.69, 9.17) is 5.26 Å². The van der Waals surface area contributed by atoms with Crippen molar-refractivity contribution >= 4 is 21.6 Å². The largest absolute Gasteiger partial charge is 0.573 e. The smallest absolute Gasteiger partial charge is 0.406 e. The molecule has 2 aromatic rings. The number of anilines is 1. The lowest BCUT2D eigenvalue weighted by Gasteiger charge is -2.17. The molecule has 1 N–H and O–H groups in total. The lowest BCUT2D eigenvalue weighted by Crippen LogP contribution is -2.34. The second-order valence-corrected chi connectivity index (χ2v) is 7.56. The fourth-order valence-corrected chi connectivity index (χ4v) is 3.24. The van der Waals surface area contributed by atoms with Crippen LogP contribution in [0.1, 0.15) is 5.56 Å². The number of alkyl halides is 3. The van der Waals surface area contributed by atoms with Gasteiger partial charge in [0.1, 0.15) is 5.75 Å². The molecule has 2 rings (SSSR count). The van der Waals surface area contributed by atoms with Crippen molar-refractivity contribution < 1.29 is 31.1 Å². The van der Waals surface area contributed by atoms with E-state index < -0.39 is 34.6 Å². The Kier molecular flexibility index (Phi) is 6.27. The number of hydrogen-bond donors (Lipinski definition) is 1. The molecule has 0 radical (unpaired) electrons. The molecule has 0 aliphatic carbocycles. The van der Waals surface area contributed by atoms with Crippen molar-refractivity contribution in [3.05, 3.63) is 54.1 Å². The third-order valence-electron chi connectivity index (χ3n) is 3.43. The van der Waals surface area contributed by atoms with Gasteiger partial charge >= 0.3 is 6.36 Å². The number of ether oxygens (including phenoxy) is 1. The van der Waals surface area contributed by atoms with Crippen LogP contribution in [0.3, 0.4) is 0 Å². The van der Waals surface area contributed by atoms with E-state index in [0.717, 1.165) is 16.4 Å². The van der Waals surface area contributed by atoms with Gasteiger partial charge in [-0.1, -0.05) is 0 Å². The van der Waals surface area contributed by atoms with Crippen molar-refractivity contribution in [2.24, 2.45) is 0 Å². The molecule has 0 atom stereocenters. The summed E-state index contributed by atoms with van der Waals surface area (Å²) in [5.74, 6) is -1.14. The quantitative estimate of drug-likeness (QED) is 0.785. The van der Waals surface area contributed by atoms with Crippen LogP contribution in [0.5, 0.6) is 5.75 Å². The first-order valence-electron chi connectivity index (χ1n) is 7.63. The van der Waals surface area contributed by atoms with E-state index >= 15 is 0 Å². The predicted octanol–water partition coefficient (Wildman–Crippen LogP) is 2.72. The topological polar surface area (TPSA) is 99.5 Å². The SMILES string of the molecule is CN(CC(=O)Nc1ccc(OC(F)(F)F)cc1)S(=O)(=O)c1ccc(C#N)cc1. The fraction of sp³-hybridized carbons (Fsp3) is 0.176. The molecule has 0 bridgehead atoms. The zero-order chi connectivity index (χ0) is 20.9. The Morgan fingerprint density at radius 3 is 2.21 bits per heavy atom. The Labute approximate surface area is 159 Å². The van der Waals surface area contributed by atoms with Gasteiger partial charge < -0.3 is 10.1 Å². The number of sulfonamides is 1. The number of amides is 1. The number of nitriles is 1. The third kappa shape index (κ3) is 5.70. The monoisotopic (exact) mass is 413 g/mol. The highest BCUT2D eigenvalue weighted by atomic mass is 32.2. The highest BCUT2D eigenvalue weighted by Crippen LogP contribution is 2.24. The molecule has 0 aliphatic heterocycles. The molecule has 0 saturated carbocycles. The van der Waals surface area contributed by atoms with Gasteiger partial charge in [0.15, 0.2) is 0 Å². The summed E-state index contributed by atoms with van der Waals surface area (Å²) < 4.78 is 65.8. The summed E-state index contributed by atoms with van der Waals surface area (Å²) in [7, 11) is -2.76. The number of hydrogen-bond acceptors (Lipinski definition) is 5. The van der Waals surface area contributed by atoms with Gasteiger partial charge in [-0.2, -0.15) is 9.57 Å². The Morgan fingerprint density at radius 2 is 1.71 bits per heavy atom. The van der Waals surface area contributed by atoms with Gasteiger partial charge in [-0.05, 0) is 48.5 Å². The van der Waals surface area contributed by atoms with E-state index in [-0.39, 0.29) is 16.1 Å². The molecule has 2 aromatic carbocycles. The summed E-state index contributed by atoms with van der Waals surface area (Å²) in [6.45, 7) is -0.525. The zero-order valence-electron chi connectivity index (χ0n) is 14.4. The summed E-state index contributed by atoms with van der Waals surface area (Å²) in [6.07, 6.45) is -4.83. The molecule has 0 aromatic heterocycles. The summed E-state index contributed by atoms with van der Waals surface area (Å²) in [5, 5.41) is 11.1. The maximum atomic E-state index is 12.4. The number of carbonyl (C=O) groups is 1. The minimum absolute atomic E-state index is 0.0875. The Hall–Kier alpha value is -3.10. The van der Waals surface area contributed by atoms with Gasteiger partial charge in [0.2, 0.25) is 15.9 Å². The maximum Gasteiger partial charge on any atom is 0.573 e. The van der Waals surface area contributed by atoms with Crippen LogP contribution in [0.25, 0.3) is 0 Å². The van der Waals surface area contributed by atoms with Gasteiger partial charge in [-0.25, -0.2) is 8.42 Å². The first-order chi connectivity index (χ1) is 13.0. The van der Waals surface area contributed by atoms with Crippen LogP contribution in [-0.2, 0) is 14.8 Å². The van der Waals surface area contributed by atoms with Gasteiger partial charge in [-0.15, -0.1) is 13.2 Å².